The van der Waals surface area contributed by atoms with Gasteiger partial charge in [-0.15, -0.1) is 5.10 Å². The molecule has 0 unspecified atom stereocenters. The van der Waals surface area contributed by atoms with E-state index in [1.165, 1.54) is 0 Å². The number of methoxy groups -OCH3 is 1. The molecule has 0 aliphatic carbocycles. The molecule has 21 heavy (non-hydrogen) atoms. The highest BCUT2D eigenvalue weighted by Crippen LogP contribution is 2.26. The van der Waals surface area contributed by atoms with Gasteiger partial charge in [0.25, 0.3) is 0 Å². The number of nitrogens with zero attached hydrogens (tertiary/aromatic N) is 2. The number of rotatable bonds is 7. The lowest BCUT2D eigenvalue weighted by atomic mass is 10.1. The molecular weight excluding hydrogens is 336 g/mol. The highest BCUT2D eigenvalue weighted by atomic mass is 79.9. The molecule has 0 saturated carbocycles. The molecule has 0 atom stereocenters. The third-order valence-corrected chi connectivity index (χ3v) is 4.16. The fourth-order valence-corrected chi connectivity index (χ4v) is 2.12. The van der Waals surface area contributed by atoms with Crippen LogP contribution in [0.1, 0.15) is 17.0 Å². The van der Waals surface area contributed by atoms with Crippen molar-refractivity contribution < 1.29 is 9.15 Å². The first-order valence-electron chi connectivity index (χ1n) is 6.66. The molecule has 2 N–H and O–H groups in total. The molecule has 0 amide bonds. The van der Waals surface area contributed by atoms with Crippen LogP contribution in [0.2, 0.25) is 0 Å². The average Bonchev–Trinajstić information content (AvgIpc) is 2.88. The van der Waals surface area contributed by atoms with E-state index in [-0.39, 0.29) is 0 Å². The average molecular weight is 355 g/mol. The van der Waals surface area contributed by atoms with Crippen LogP contribution >= 0.6 is 15.9 Å². The number of aromatic nitrogens is 2. The van der Waals surface area contributed by atoms with E-state index >= 15 is 0 Å². The van der Waals surface area contributed by atoms with Crippen molar-refractivity contribution in [3.63, 3.8) is 0 Å². The number of ether oxygens (including phenoxy) is 1. The normalized spacial score (nSPS) is 10.9. The first kappa shape index (κ1) is 15.9. The van der Waals surface area contributed by atoms with Crippen LogP contribution in [-0.2, 0) is 11.3 Å². The van der Waals surface area contributed by atoms with Crippen molar-refractivity contribution in [3.05, 3.63) is 33.6 Å². The minimum absolute atomic E-state index is 0.389. The van der Waals surface area contributed by atoms with Crippen molar-refractivity contribution in [2.45, 2.75) is 20.4 Å². The largest absolute Gasteiger partial charge is 0.406 e. The SMILES string of the molecule is COCCNCc1nnc(Nc2cc(C)c(Br)c(C)c2)o1. The summed E-state index contributed by atoms with van der Waals surface area (Å²) in [5.41, 5.74) is 3.23. The van der Waals surface area contributed by atoms with Gasteiger partial charge in [0.15, 0.2) is 0 Å². The van der Waals surface area contributed by atoms with Gasteiger partial charge in [0, 0.05) is 23.8 Å². The predicted molar refractivity (Wildman–Crippen MR) is 84.8 cm³/mol. The van der Waals surface area contributed by atoms with Crippen molar-refractivity contribution in [2.75, 3.05) is 25.6 Å². The molecule has 2 aromatic rings. The van der Waals surface area contributed by atoms with E-state index in [0.29, 0.717) is 25.1 Å². The quantitative estimate of drug-likeness (QED) is 0.744. The summed E-state index contributed by atoms with van der Waals surface area (Å²) >= 11 is 3.55. The molecule has 0 aliphatic rings. The lowest BCUT2D eigenvalue weighted by molar-refractivity contribution is 0.198. The Balaban J connectivity index is 1.96. The minimum atomic E-state index is 0.389. The summed E-state index contributed by atoms with van der Waals surface area (Å²) in [6.45, 7) is 6.00. The van der Waals surface area contributed by atoms with Crippen molar-refractivity contribution in [3.8, 4) is 0 Å². The van der Waals surface area contributed by atoms with Gasteiger partial charge < -0.3 is 19.8 Å². The van der Waals surface area contributed by atoms with Crippen LogP contribution in [0.25, 0.3) is 0 Å². The summed E-state index contributed by atoms with van der Waals surface area (Å²) < 4.78 is 11.6. The highest BCUT2D eigenvalue weighted by molar-refractivity contribution is 9.10. The Bertz CT molecular complexity index is 577. The topological polar surface area (TPSA) is 72.2 Å². The molecule has 2 rings (SSSR count). The van der Waals surface area contributed by atoms with Crippen LogP contribution in [0.5, 0.6) is 0 Å². The van der Waals surface area contributed by atoms with Crippen LogP contribution in [0.4, 0.5) is 11.7 Å². The number of aryl methyl sites for hydroxylation is 2. The maximum Gasteiger partial charge on any atom is 0.320 e. The van der Waals surface area contributed by atoms with Gasteiger partial charge in [0.05, 0.1) is 13.2 Å². The predicted octanol–water partition coefficient (Wildman–Crippen LogP) is 2.93. The van der Waals surface area contributed by atoms with Crippen molar-refractivity contribution in [2.24, 2.45) is 0 Å². The second-order valence-electron chi connectivity index (χ2n) is 4.72. The van der Waals surface area contributed by atoms with Crippen LogP contribution in [0.3, 0.4) is 0 Å². The van der Waals surface area contributed by atoms with Gasteiger partial charge in [-0.2, -0.15) is 0 Å². The lowest BCUT2D eigenvalue weighted by Crippen LogP contribution is -2.18. The second-order valence-corrected chi connectivity index (χ2v) is 5.51. The third-order valence-electron chi connectivity index (χ3n) is 2.91. The lowest BCUT2D eigenvalue weighted by Gasteiger charge is -2.07. The molecule has 0 spiro atoms. The monoisotopic (exact) mass is 354 g/mol. The zero-order chi connectivity index (χ0) is 15.2. The van der Waals surface area contributed by atoms with Crippen molar-refractivity contribution >= 4 is 27.6 Å². The third kappa shape index (κ3) is 4.52. The Labute approximate surface area is 132 Å². The van der Waals surface area contributed by atoms with E-state index in [1.807, 2.05) is 26.0 Å². The highest BCUT2D eigenvalue weighted by Gasteiger charge is 2.08. The molecule has 0 bridgehead atoms. The Morgan fingerprint density at radius 1 is 1.24 bits per heavy atom. The van der Waals surface area contributed by atoms with Crippen molar-refractivity contribution in [1.82, 2.24) is 15.5 Å². The van der Waals surface area contributed by atoms with Gasteiger partial charge in [-0.1, -0.05) is 21.0 Å². The minimum Gasteiger partial charge on any atom is -0.406 e. The molecule has 0 aliphatic heterocycles. The molecule has 0 saturated heterocycles. The van der Waals surface area contributed by atoms with E-state index in [2.05, 4.69) is 36.8 Å². The van der Waals surface area contributed by atoms with Gasteiger partial charge in [-0.3, -0.25) is 0 Å². The Kier molecular flexibility index (Phi) is 5.72. The van der Waals surface area contributed by atoms with Crippen LogP contribution < -0.4 is 10.6 Å². The zero-order valence-corrected chi connectivity index (χ0v) is 14.0. The van der Waals surface area contributed by atoms with Crippen molar-refractivity contribution in [1.29, 1.82) is 0 Å². The van der Waals surface area contributed by atoms with Crippen LogP contribution in [0, 0.1) is 13.8 Å². The molecular formula is C14H19BrN4O2. The molecule has 0 radical (unpaired) electrons. The molecule has 1 heterocycles. The maximum atomic E-state index is 5.53. The van der Waals surface area contributed by atoms with Crippen LogP contribution in [-0.4, -0.2) is 30.5 Å². The Morgan fingerprint density at radius 3 is 2.62 bits per heavy atom. The molecule has 7 heteroatoms. The summed E-state index contributed by atoms with van der Waals surface area (Å²) in [5, 5.41) is 14.2. The summed E-state index contributed by atoms with van der Waals surface area (Å²) in [6, 6.07) is 4.44. The zero-order valence-electron chi connectivity index (χ0n) is 12.4. The molecule has 1 aromatic heterocycles. The number of benzene rings is 1. The standard InChI is InChI=1S/C14H19BrN4O2/c1-9-6-11(7-10(2)13(9)15)17-14-19-18-12(21-14)8-16-4-5-20-3/h6-7,16H,4-5,8H2,1-3H3,(H,17,19). The first-order chi connectivity index (χ1) is 10.1. The smallest absolute Gasteiger partial charge is 0.320 e. The van der Waals surface area contributed by atoms with E-state index in [1.54, 1.807) is 7.11 Å². The van der Waals surface area contributed by atoms with Gasteiger partial charge in [-0.25, -0.2) is 0 Å². The van der Waals surface area contributed by atoms with Gasteiger partial charge in [0.1, 0.15) is 0 Å². The summed E-state index contributed by atoms with van der Waals surface area (Å²) in [6.07, 6.45) is 0. The summed E-state index contributed by atoms with van der Waals surface area (Å²) in [4.78, 5) is 0. The van der Waals surface area contributed by atoms with Gasteiger partial charge in [-0.05, 0) is 37.1 Å². The number of halogens is 1. The summed E-state index contributed by atoms with van der Waals surface area (Å²) in [5.74, 6) is 0.541. The van der Waals surface area contributed by atoms with E-state index < -0.39 is 0 Å². The second kappa shape index (κ2) is 7.53. The molecule has 0 fully saturated rings. The fraction of sp³-hybridized carbons (Fsp3) is 0.429. The van der Waals surface area contributed by atoms with E-state index in [0.717, 1.165) is 27.8 Å². The Hall–Kier alpha value is -1.44. The first-order valence-corrected chi connectivity index (χ1v) is 7.45. The van der Waals surface area contributed by atoms with Gasteiger partial charge in [0.2, 0.25) is 5.89 Å². The Morgan fingerprint density at radius 2 is 1.95 bits per heavy atom. The van der Waals surface area contributed by atoms with Crippen LogP contribution in [0.15, 0.2) is 21.0 Å². The van der Waals surface area contributed by atoms with E-state index in [4.69, 9.17) is 9.15 Å². The molecule has 1 aromatic carbocycles. The number of anilines is 2. The maximum absolute atomic E-state index is 5.53. The molecule has 114 valence electrons. The van der Waals surface area contributed by atoms with Gasteiger partial charge >= 0.3 is 6.01 Å². The number of nitrogens with one attached hydrogen (secondary N) is 2. The molecule has 6 nitrogen and oxygen atoms in total. The number of hydrogen-bond acceptors (Lipinski definition) is 6. The number of hydrogen-bond donors (Lipinski definition) is 2. The summed E-state index contributed by atoms with van der Waals surface area (Å²) in [7, 11) is 1.67. The fourth-order valence-electron chi connectivity index (χ4n) is 1.89. The van der Waals surface area contributed by atoms with E-state index in [9.17, 15) is 0 Å².